The average molecular weight is 485 g/mol. The molecule has 5 rings (SSSR count). The van der Waals surface area contributed by atoms with Crippen LogP contribution in [0.4, 0.5) is 8.78 Å². The molecule has 176 valence electrons. The number of nitrogens with two attached hydrogens (primary N) is 1. The molecule has 2 atom stereocenters. The van der Waals surface area contributed by atoms with E-state index in [4.69, 9.17) is 26.8 Å². The van der Waals surface area contributed by atoms with E-state index in [1.54, 1.807) is 0 Å². The minimum Gasteiger partial charge on any atom is -0.494 e. The number of methoxy groups -OCH3 is 1. The molecule has 3 aromatic carbocycles. The highest BCUT2D eigenvalue weighted by atomic mass is 35.5. The lowest BCUT2D eigenvalue weighted by atomic mass is 9.80. The monoisotopic (exact) mass is 484 g/mol. The van der Waals surface area contributed by atoms with Crippen molar-refractivity contribution < 1.29 is 23.0 Å². The Bertz CT molecular complexity index is 1280. The summed E-state index contributed by atoms with van der Waals surface area (Å²) in [5.41, 5.74) is 5.87. The van der Waals surface area contributed by atoms with Crippen molar-refractivity contribution in [2.75, 3.05) is 13.7 Å². The SMILES string of the molecule is COc1ccc(C(N)=O)c(-c2c(Cl)c(F)cc3c2CC(c2ccccc2)([C@@H]2CCCN2)O3)c1F. The molecule has 1 fully saturated rings. The number of ether oxygens (including phenoxy) is 2. The third-order valence-electron chi connectivity index (χ3n) is 6.75. The topological polar surface area (TPSA) is 73.6 Å². The van der Waals surface area contributed by atoms with Crippen molar-refractivity contribution in [2.45, 2.75) is 30.9 Å². The summed E-state index contributed by atoms with van der Waals surface area (Å²) in [6.45, 7) is 0.831. The van der Waals surface area contributed by atoms with Gasteiger partial charge in [0.1, 0.15) is 11.6 Å². The summed E-state index contributed by atoms with van der Waals surface area (Å²) in [6, 6.07) is 13.5. The number of rotatable bonds is 5. The summed E-state index contributed by atoms with van der Waals surface area (Å²) < 4.78 is 42.4. The molecule has 0 aromatic heterocycles. The number of carbonyl (C=O) groups is 1. The van der Waals surface area contributed by atoms with Gasteiger partial charge in [-0.1, -0.05) is 41.9 Å². The van der Waals surface area contributed by atoms with Crippen LogP contribution >= 0.6 is 11.6 Å². The quantitative estimate of drug-likeness (QED) is 0.536. The Kier molecular flexibility index (Phi) is 5.70. The van der Waals surface area contributed by atoms with Crippen LogP contribution in [-0.4, -0.2) is 25.6 Å². The molecule has 1 unspecified atom stereocenters. The maximum absolute atomic E-state index is 15.6. The number of nitrogens with one attached hydrogen (secondary N) is 1. The van der Waals surface area contributed by atoms with Crippen LogP contribution in [0.3, 0.4) is 0 Å². The fourth-order valence-electron chi connectivity index (χ4n) is 5.19. The van der Waals surface area contributed by atoms with Gasteiger partial charge in [-0.25, -0.2) is 8.78 Å². The predicted octanol–water partition coefficient (Wildman–Crippen LogP) is 4.98. The van der Waals surface area contributed by atoms with Gasteiger partial charge in [0.15, 0.2) is 17.2 Å². The normalized spacial score (nSPS) is 21.2. The van der Waals surface area contributed by atoms with Gasteiger partial charge in [-0.15, -0.1) is 0 Å². The number of primary amides is 1. The smallest absolute Gasteiger partial charge is 0.249 e. The van der Waals surface area contributed by atoms with Crippen LogP contribution in [0.1, 0.15) is 34.3 Å². The molecule has 2 aliphatic heterocycles. The van der Waals surface area contributed by atoms with Crippen molar-refractivity contribution in [3.05, 3.63) is 81.9 Å². The molecular formula is C26H23ClF2N2O3. The van der Waals surface area contributed by atoms with Crippen molar-refractivity contribution in [3.8, 4) is 22.6 Å². The molecular weight excluding hydrogens is 462 g/mol. The van der Waals surface area contributed by atoms with E-state index in [9.17, 15) is 4.79 Å². The first kappa shape index (κ1) is 22.6. The van der Waals surface area contributed by atoms with Gasteiger partial charge in [-0.05, 0) is 37.1 Å². The standard InChI is InChI=1S/C26H23ClF2N2O3/c1-33-18-10-9-15(25(30)32)22(24(18)29)21-16-13-26(20-8-5-11-31-20,14-6-3-2-4-7-14)34-19(16)12-17(28)23(21)27/h2-4,6-7,9-10,12,20,31H,5,8,11,13H2,1H3,(H2,30,32)/t20-,26?/m0/s1. The number of amides is 1. The third-order valence-corrected chi connectivity index (χ3v) is 7.11. The number of fused-ring (bicyclic) bond motifs is 1. The van der Waals surface area contributed by atoms with Gasteiger partial charge in [-0.3, -0.25) is 4.79 Å². The van der Waals surface area contributed by atoms with Crippen molar-refractivity contribution in [1.29, 1.82) is 0 Å². The summed E-state index contributed by atoms with van der Waals surface area (Å²) in [4.78, 5) is 12.2. The first-order valence-corrected chi connectivity index (χ1v) is 11.4. The molecule has 34 heavy (non-hydrogen) atoms. The number of hydrogen-bond acceptors (Lipinski definition) is 4. The number of benzene rings is 3. The minimum absolute atomic E-state index is 0.0530. The molecule has 5 nitrogen and oxygen atoms in total. The Hall–Kier alpha value is -3.16. The molecule has 0 spiro atoms. The molecule has 2 heterocycles. The molecule has 0 radical (unpaired) electrons. The molecule has 3 N–H and O–H groups in total. The van der Waals surface area contributed by atoms with Crippen LogP contribution in [0.5, 0.6) is 11.5 Å². The highest BCUT2D eigenvalue weighted by molar-refractivity contribution is 6.34. The second-order valence-electron chi connectivity index (χ2n) is 8.58. The molecule has 2 aliphatic rings. The van der Waals surface area contributed by atoms with E-state index in [0.29, 0.717) is 12.0 Å². The molecule has 8 heteroatoms. The van der Waals surface area contributed by atoms with E-state index < -0.39 is 23.1 Å². The van der Waals surface area contributed by atoms with E-state index in [1.807, 2.05) is 30.3 Å². The average Bonchev–Trinajstić information content (AvgIpc) is 3.50. The maximum atomic E-state index is 15.6. The summed E-state index contributed by atoms with van der Waals surface area (Å²) in [5.74, 6) is -2.34. The van der Waals surface area contributed by atoms with Gasteiger partial charge in [0.2, 0.25) is 5.91 Å². The van der Waals surface area contributed by atoms with Crippen LogP contribution in [0.2, 0.25) is 5.02 Å². The van der Waals surface area contributed by atoms with Gasteiger partial charge < -0.3 is 20.5 Å². The van der Waals surface area contributed by atoms with Gasteiger partial charge in [0.05, 0.1) is 23.7 Å². The van der Waals surface area contributed by atoms with Crippen LogP contribution in [0.25, 0.3) is 11.1 Å². The van der Waals surface area contributed by atoms with Crippen LogP contribution in [-0.2, 0) is 12.0 Å². The van der Waals surface area contributed by atoms with Crippen LogP contribution < -0.4 is 20.5 Å². The Morgan fingerprint density at radius 1 is 1.21 bits per heavy atom. The summed E-state index contributed by atoms with van der Waals surface area (Å²) in [6.07, 6.45) is 2.12. The lowest BCUT2D eigenvalue weighted by molar-refractivity contribution is 0.0539. The van der Waals surface area contributed by atoms with Gasteiger partial charge in [0, 0.05) is 29.2 Å². The van der Waals surface area contributed by atoms with E-state index in [-0.39, 0.29) is 39.3 Å². The Morgan fingerprint density at radius 2 is 1.97 bits per heavy atom. The second kappa shape index (κ2) is 8.56. The lowest BCUT2D eigenvalue weighted by Gasteiger charge is -2.35. The molecule has 1 amide bonds. The van der Waals surface area contributed by atoms with E-state index in [1.165, 1.54) is 25.3 Å². The fourth-order valence-corrected chi connectivity index (χ4v) is 5.45. The summed E-state index contributed by atoms with van der Waals surface area (Å²) >= 11 is 6.45. The molecule has 0 bridgehead atoms. The minimum atomic E-state index is -0.865. The summed E-state index contributed by atoms with van der Waals surface area (Å²) in [7, 11) is 1.30. The third kappa shape index (κ3) is 3.42. The number of hydrogen-bond donors (Lipinski definition) is 2. The molecule has 0 saturated carbocycles. The van der Waals surface area contributed by atoms with Crippen LogP contribution in [0.15, 0.2) is 48.5 Å². The van der Waals surface area contributed by atoms with Crippen LogP contribution in [0, 0.1) is 11.6 Å². The van der Waals surface area contributed by atoms with Crippen molar-refractivity contribution in [1.82, 2.24) is 5.32 Å². The highest BCUT2D eigenvalue weighted by Gasteiger charge is 2.50. The second-order valence-corrected chi connectivity index (χ2v) is 8.95. The first-order chi connectivity index (χ1) is 16.4. The summed E-state index contributed by atoms with van der Waals surface area (Å²) in [5, 5.41) is 3.20. The molecule has 0 aliphatic carbocycles. The predicted molar refractivity (Wildman–Crippen MR) is 125 cm³/mol. The van der Waals surface area contributed by atoms with Crippen molar-refractivity contribution in [3.63, 3.8) is 0 Å². The number of carbonyl (C=O) groups excluding carboxylic acids is 1. The highest BCUT2D eigenvalue weighted by Crippen LogP contribution is 2.52. The van der Waals surface area contributed by atoms with Gasteiger partial charge in [0.25, 0.3) is 0 Å². The van der Waals surface area contributed by atoms with Gasteiger partial charge >= 0.3 is 0 Å². The number of halogens is 3. The Morgan fingerprint density at radius 3 is 2.62 bits per heavy atom. The molecule has 3 aromatic rings. The Labute approximate surface area is 200 Å². The zero-order chi connectivity index (χ0) is 24.0. The zero-order valence-corrected chi connectivity index (χ0v) is 19.2. The maximum Gasteiger partial charge on any atom is 0.249 e. The lowest BCUT2D eigenvalue weighted by Crippen LogP contribution is -2.48. The molecule has 1 saturated heterocycles. The van der Waals surface area contributed by atoms with E-state index in [2.05, 4.69) is 5.32 Å². The fraction of sp³-hybridized carbons (Fsp3) is 0.269. The van der Waals surface area contributed by atoms with Crippen molar-refractivity contribution >= 4 is 17.5 Å². The van der Waals surface area contributed by atoms with Crippen molar-refractivity contribution in [2.24, 2.45) is 5.73 Å². The Balaban J connectivity index is 1.77. The van der Waals surface area contributed by atoms with E-state index >= 15 is 8.78 Å². The zero-order valence-electron chi connectivity index (χ0n) is 18.5. The van der Waals surface area contributed by atoms with E-state index in [0.717, 1.165) is 24.9 Å². The largest absolute Gasteiger partial charge is 0.494 e. The first-order valence-electron chi connectivity index (χ1n) is 11.0. The van der Waals surface area contributed by atoms with Gasteiger partial charge in [-0.2, -0.15) is 0 Å².